The van der Waals surface area contributed by atoms with Gasteiger partial charge in [-0.05, 0) is 55.3 Å². The Morgan fingerprint density at radius 3 is 2.53 bits per heavy atom. The fourth-order valence-corrected chi connectivity index (χ4v) is 2.43. The van der Waals surface area contributed by atoms with Crippen molar-refractivity contribution >= 4 is 11.3 Å². The maximum absolute atomic E-state index is 3.52. The molecule has 0 aromatic carbocycles. The van der Waals surface area contributed by atoms with Gasteiger partial charge in [0.25, 0.3) is 0 Å². The minimum absolute atomic E-state index is 0.733. The molecule has 1 nitrogen and oxygen atoms in total. The molecule has 1 rings (SSSR count). The molecule has 0 aliphatic carbocycles. The van der Waals surface area contributed by atoms with Crippen LogP contribution in [0.25, 0.3) is 0 Å². The van der Waals surface area contributed by atoms with E-state index in [-0.39, 0.29) is 0 Å². The fourth-order valence-electron chi connectivity index (χ4n) is 1.69. The summed E-state index contributed by atoms with van der Waals surface area (Å²) in [5.41, 5.74) is 1.53. The first-order valence-corrected chi connectivity index (χ1v) is 6.71. The van der Waals surface area contributed by atoms with Crippen LogP contribution in [0.5, 0.6) is 0 Å². The molecule has 1 unspecified atom stereocenters. The highest BCUT2D eigenvalue weighted by molar-refractivity contribution is 7.10. The monoisotopic (exact) mass is 225 g/mol. The molecule has 0 aliphatic rings. The summed E-state index contributed by atoms with van der Waals surface area (Å²) in [6, 6.07) is 2.26. The summed E-state index contributed by atoms with van der Waals surface area (Å²) in [5.74, 6) is 1.48. The minimum atomic E-state index is 0.733. The van der Waals surface area contributed by atoms with Crippen molar-refractivity contribution in [1.29, 1.82) is 0 Å². The molecule has 1 aromatic rings. The number of rotatable bonds is 6. The average molecular weight is 225 g/mol. The Bertz CT molecular complexity index is 278. The van der Waals surface area contributed by atoms with E-state index in [1.807, 2.05) is 11.3 Å². The van der Waals surface area contributed by atoms with E-state index in [1.165, 1.54) is 16.9 Å². The van der Waals surface area contributed by atoms with Crippen molar-refractivity contribution in [3.63, 3.8) is 0 Å². The zero-order chi connectivity index (χ0) is 11.3. The Kier molecular flexibility index (Phi) is 5.34. The Morgan fingerprint density at radius 2 is 2.00 bits per heavy atom. The molecule has 0 spiro atoms. The number of nitrogens with one attached hydrogen (secondary N) is 1. The minimum Gasteiger partial charge on any atom is -0.316 e. The fraction of sp³-hybridized carbons (Fsp3) is 0.692. The molecule has 0 amide bonds. The highest BCUT2D eigenvalue weighted by Gasteiger charge is 2.06. The van der Waals surface area contributed by atoms with Crippen molar-refractivity contribution in [1.82, 2.24) is 5.32 Å². The van der Waals surface area contributed by atoms with Gasteiger partial charge in [-0.2, -0.15) is 0 Å². The summed E-state index contributed by atoms with van der Waals surface area (Å²) in [6.07, 6.45) is 1.21. The van der Waals surface area contributed by atoms with E-state index in [0.29, 0.717) is 0 Å². The quantitative estimate of drug-likeness (QED) is 0.781. The molecule has 0 radical (unpaired) electrons. The molecule has 1 atom stereocenters. The van der Waals surface area contributed by atoms with Crippen LogP contribution in [0.3, 0.4) is 0 Å². The molecule has 2 heteroatoms. The number of hydrogen-bond donors (Lipinski definition) is 1. The topological polar surface area (TPSA) is 12.0 Å². The van der Waals surface area contributed by atoms with E-state index in [9.17, 15) is 0 Å². The molecular weight excluding hydrogens is 202 g/mol. The van der Waals surface area contributed by atoms with Crippen LogP contribution in [0.1, 0.15) is 31.2 Å². The molecule has 1 aromatic heterocycles. The van der Waals surface area contributed by atoms with Crippen molar-refractivity contribution in [2.45, 2.75) is 34.1 Å². The van der Waals surface area contributed by atoms with Gasteiger partial charge in [-0.1, -0.05) is 20.8 Å². The second-order valence-corrected chi connectivity index (χ2v) is 5.98. The highest BCUT2D eigenvalue weighted by atomic mass is 32.1. The van der Waals surface area contributed by atoms with E-state index in [0.717, 1.165) is 24.9 Å². The summed E-state index contributed by atoms with van der Waals surface area (Å²) in [5, 5.41) is 5.71. The lowest BCUT2D eigenvalue weighted by Gasteiger charge is -2.13. The van der Waals surface area contributed by atoms with Gasteiger partial charge in [0.15, 0.2) is 0 Å². The third-order valence-corrected chi connectivity index (χ3v) is 3.47. The zero-order valence-electron chi connectivity index (χ0n) is 10.3. The van der Waals surface area contributed by atoms with Gasteiger partial charge in [0.1, 0.15) is 0 Å². The first-order chi connectivity index (χ1) is 7.09. The van der Waals surface area contributed by atoms with Crippen molar-refractivity contribution < 1.29 is 0 Å². The Hall–Kier alpha value is -0.340. The maximum atomic E-state index is 3.52. The SMILES string of the molecule is Cc1sccc1CC(C)CNCC(C)C. The first-order valence-electron chi connectivity index (χ1n) is 5.83. The third-order valence-electron chi connectivity index (χ3n) is 2.58. The van der Waals surface area contributed by atoms with Crippen molar-refractivity contribution in [2.75, 3.05) is 13.1 Å². The van der Waals surface area contributed by atoms with Gasteiger partial charge in [-0.25, -0.2) is 0 Å². The number of hydrogen-bond acceptors (Lipinski definition) is 2. The lowest BCUT2D eigenvalue weighted by molar-refractivity contribution is 0.473. The van der Waals surface area contributed by atoms with Crippen LogP contribution in [-0.4, -0.2) is 13.1 Å². The summed E-state index contributed by atoms with van der Waals surface area (Å²) in [4.78, 5) is 1.48. The van der Waals surface area contributed by atoms with Crippen LogP contribution in [0.15, 0.2) is 11.4 Å². The van der Waals surface area contributed by atoms with Gasteiger partial charge < -0.3 is 5.32 Å². The molecule has 0 aliphatic heterocycles. The van der Waals surface area contributed by atoms with Gasteiger partial charge >= 0.3 is 0 Å². The van der Waals surface area contributed by atoms with Crippen LogP contribution in [0, 0.1) is 18.8 Å². The molecule has 0 bridgehead atoms. The van der Waals surface area contributed by atoms with E-state index < -0.39 is 0 Å². The smallest absolute Gasteiger partial charge is 0.00463 e. The van der Waals surface area contributed by atoms with Crippen LogP contribution in [0.2, 0.25) is 0 Å². The van der Waals surface area contributed by atoms with Gasteiger partial charge in [0.05, 0.1) is 0 Å². The predicted octanol–water partition coefficient (Wildman–Crippen LogP) is 3.48. The molecule has 0 saturated heterocycles. The molecule has 1 heterocycles. The zero-order valence-corrected chi connectivity index (χ0v) is 11.2. The predicted molar refractivity (Wildman–Crippen MR) is 69.6 cm³/mol. The van der Waals surface area contributed by atoms with Crippen LogP contribution >= 0.6 is 11.3 Å². The summed E-state index contributed by atoms with van der Waals surface area (Å²) < 4.78 is 0. The first kappa shape index (κ1) is 12.7. The van der Waals surface area contributed by atoms with Crippen molar-refractivity contribution in [3.05, 3.63) is 21.9 Å². The Balaban J connectivity index is 2.24. The molecule has 0 fully saturated rings. The lowest BCUT2D eigenvalue weighted by Crippen LogP contribution is -2.26. The van der Waals surface area contributed by atoms with E-state index in [2.05, 4.69) is 44.5 Å². The van der Waals surface area contributed by atoms with E-state index in [4.69, 9.17) is 0 Å². The molecular formula is C13H23NS. The van der Waals surface area contributed by atoms with Crippen LogP contribution in [0.4, 0.5) is 0 Å². The van der Waals surface area contributed by atoms with Gasteiger partial charge in [-0.3, -0.25) is 0 Å². The third kappa shape index (κ3) is 4.80. The van der Waals surface area contributed by atoms with E-state index in [1.54, 1.807) is 0 Å². The van der Waals surface area contributed by atoms with Gasteiger partial charge in [-0.15, -0.1) is 11.3 Å². The molecule has 15 heavy (non-hydrogen) atoms. The second kappa shape index (κ2) is 6.29. The van der Waals surface area contributed by atoms with Gasteiger partial charge in [0.2, 0.25) is 0 Å². The second-order valence-electron chi connectivity index (χ2n) is 4.86. The lowest BCUT2D eigenvalue weighted by atomic mass is 10.0. The number of thiophene rings is 1. The Morgan fingerprint density at radius 1 is 1.27 bits per heavy atom. The summed E-state index contributed by atoms with van der Waals surface area (Å²) in [7, 11) is 0. The number of aryl methyl sites for hydroxylation is 1. The maximum Gasteiger partial charge on any atom is 0.00463 e. The summed E-state index contributed by atoms with van der Waals surface area (Å²) >= 11 is 1.85. The standard InChI is InChI=1S/C13H23NS/c1-10(2)8-14-9-11(3)7-13-5-6-15-12(13)4/h5-6,10-11,14H,7-9H2,1-4H3. The normalized spacial score (nSPS) is 13.4. The molecule has 1 N–H and O–H groups in total. The molecule has 0 saturated carbocycles. The van der Waals surface area contributed by atoms with Crippen LogP contribution < -0.4 is 5.32 Å². The van der Waals surface area contributed by atoms with Crippen molar-refractivity contribution in [3.8, 4) is 0 Å². The largest absolute Gasteiger partial charge is 0.316 e. The summed E-state index contributed by atoms with van der Waals surface area (Å²) in [6.45, 7) is 11.3. The average Bonchev–Trinajstić information content (AvgIpc) is 2.51. The van der Waals surface area contributed by atoms with E-state index >= 15 is 0 Å². The Labute approximate surface area is 97.9 Å². The molecule has 86 valence electrons. The van der Waals surface area contributed by atoms with Crippen molar-refractivity contribution in [2.24, 2.45) is 11.8 Å². The van der Waals surface area contributed by atoms with Gasteiger partial charge in [0, 0.05) is 4.88 Å². The highest BCUT2D eigenvalue weighted by Crippen LogP contribution is 2.18. The van der Waals surface area contributed by atoms with Crippen LogP contribution in [-0.2, 0) is 6.42 Å².